The normalized spacial score (nSPS) is 19.5. The maximum absolute atomic E-state index is 14.3. The van der Waals surface area contributed by atoms with Gasteiger partial charge in [-0.3, -0.25) is 9.69 Å². The molecule has 1 saturated carbocycles. The lowest BCUT2D eigenvalue weighted by Gasteiger charge is -2.42. The molecule has 0 unspecified atom stereocenters. The number of alkyl halides is 3. The molecule has 0 radical (unpaired) electrons. The Bertz CT molecular complexity index is 1910. The largest absolute Gasteiger partial charge is 0.573 e. The van der Waals surface area contributed by atoms with Gasteiger partial charge in [0.05, 0.1) is 11.5 Å². The van der Waals surface area contributed by atoms with E-state index >= 15 is 0 Å². The van der Waals surface area contributed by atoms with Crippen LogP contribution in [-0.4, -0.2) is 97.9 Å². The van der Waals surface area contributed by atoms with E-state index in [0.717, 1.165) is 29.5 Å². The number of piperazine rings is 1. The summed E-state index contributed by atoms with van der Waals surface area (Å²) in [6.45, 7) is 7.77. The molecule has 15 heteroatoms. The number of piperidine rings is 1. The number of alkyl carbamates (subject to hydrolysis) is 1. The van der Waals surface area contributed by atoms with E-state index in [9.17, 15) is 31.2 Å². The number of hydrogen-bond acceptors (Lipinski definition) is 8. The molecule has 2 amide bonds. The molecule has 3 aromatic rings. The van der Waals surface area contributed by atoms with Gasteiger partial charge in [0.2, 0.25) is 15.9 Å². The van der Waals surface area contributed by atoms with Gasteiger partial charge in [-0.05, 0) is 105 Å². The third kappa shape index (κ3) is 11.9. The van der Waals surface area contributed by atoms with Crippen LogP contribution in [0.1, 0.15) is 71.3 Å². The van der Waals surface area contributed by atoms with Crippen molar-refractivity contribution in [3.8, 4) is 22.6 Å². The van der Waals surface area contributed by atoms with E-state index in [2.05, 4.69) is 15.0 Å². The summed E-state index contributed by atoms with van der Waals surface area (Å²) in [6.07, 6.45) is 1.66. The van der Waals surface area contributed by atoms with E-state index in [1.807, 2.05) is 24.3 Å². The van der Waals surface area contributed by atoms with Crippen LogP contribution in [0.15, 0.2) is 77.7 Å². The molecule has 3 aliphatic rings. The highest BCUT2D eigenvalue weighted by Crippen LogP contribution is 2.30. The molecule has 2 aliphatic heterocycles. The molecule has 57 heavy (non-hydrogen) atoms. The lowest BCUT2D eigenvalue weighted by Crippen LogP contribution is -2.61. The molecule has 2 heterocycles. The average Bonchev–Trinajstić information content (AvgIpc) is 3.17. The van der Waals surface area contributed by atoms with Crippen LogP contribution in [0.2, 0.25) is 0 Å². The number of ether oxygens (including phenoxy) is 3. The lowest BCUT2D eigenvalue weighted by molar-refractivity contribution is -0.274. The van der Waals surface area contributed by atoms with Crippen LogP contribution in [-0.2, 0) is 26.1 Å². The van der Waals surface area contributed by atoms with E-state index in [-0.39, 0.29) is 35.7 Å². The van der Waals surface area contributed by atoms with Gasteiger partial charge in [-0.25, -0.2) is 13.2 Å². The minimum absolute atomic E-state index is 0.0904. The summed E-state index contributed by atoms with van der Waals surface area (Å²) < 4.78 is 83.1. The van der Waals surface area contributed by atoms with Gasteiger partial charge >= 0.3 is 12.5 Å². The first kappa shape index (κ1) is 42.3. The second kappa shape index (κ2) is 18.1. The predicted molar refractivity (Wildman–Crippen MR) is 209 cm³/mol. The topological polar surface area (TPSA) is 118 Å². The van der Waals surface area contributed by atoms with Gasteiger partial charge in [0.15, 0.2) is 0 Å². The standard InChI is InChI=1S/C42H53F3N4O7S/c1-41(2,3)56-40(51)46-34-21-23-48(24-22-34)39(50)38-28-47(27-30-9-11-32(12-10-30)33-13-15-36(16-14-33)55-42(43,44)45)25-26-49(38)57(52,53)37-19-17-35(18-20-37)54-29-31-7-5-4-6-8-31/h9-20,31,34,38H,4-8,21-29H2,1-3H3,(H,46,51)/t38-/m0/s1. The molecule has 1 atom stereocenters. The van der Waals surface area contributed by atoms with Crippen molar-refractivity contribution >= 4 is 22.0 Å². The number of benzene rings is 3. The molecule has 0 aromatic heterocycles. The quantitative estimate of drug-likeness (QED) is 0.211. The van der Waals surface area contributed by atoms with Crippen LogP contribution >= 0.6 is 0 Å². The highest BCUT2D eigenvalue weighted by atomic mass is 32.2. The van der Waals surface area contributed by atoms with Gasteiger partial charge < -0.3 is 24.4 Å². The summed E-state index contributed by atoms with van der Waals surface area (Å²) in [6, 6.07) is 18.5. The van der Waals surface area contributed by atoms with Crippen LogP contribution in [0, 0.1) is 5.92 Å². The molecule has 3 aromatic carbocycles. The molecular weight excluding hydrogens is 762 g/mol. The molecule has 2 saturated heterocycles. The Balaban J connectivity index is 1.14. The first-order chi connectivity index (χ1) is 27.0. The number of rotatable bonds is 11. The van der Waals surface area contributed by atoms with Crippen LogP contribution in [0.4, 0.5) is 18.0 Å². The van der Waals surface area contributed by atoms with E-state index in [0.29, 0.717) is 57.3 Å². The molecular formula is C42H53F3N4O7S. The molecule has 0 spiro atoms. The number of likely N-dealkylation sites (tertiary alicyclic amines) is 1. The average molecular weight is 815 g/mol. The Morgan fingerprint density at radius 2 is 1.37 bits per heavy atom. The maximum atomic E-state index is 14.3. The first-order valence-corrected chi connectivity index (χ1v) is 21.2. The number of sulfonamides is 1. The predicted octanol–water partition coefficient (Wildman–Crippen LogP) is 7.60. The Hall–Kier alpha value is -4.34. The van der Waals surface area contributed by atoms with Gasteiger partial charge in [0.1, 0.15) is 23.1 Å². The van der Waals surface area contributed by atoms with Crippen LogP contribution < -0.4 is 14.8 Å². The molecule has 6 rings (SSSR count). The Labute approximate surface area is 333 Å². The van der Waals surface area contributed by atoms with Crippen molar-refractivity contribution in [2.75, 3.05) is 39.3 Å². The zero-order valence-corrected chi connectivity index (χ0v) is 33.6. The van der Waals surface area contributed by atoms with Gasteiger partial charge in [-0.1, -0.05) is 55.7 Å². The fourth-order valence-corrected chi connectivity index (χ4v) is 9.27. The molecule has 1 N–H and O–H groups in total. The number of carbonyl (C=O) groups is 2. The summed E-state index contributed by atoms with van der Waals surface area (Å²) in [4.78, 5) is 30.6. The van der Waals surface area contributed by atoms with E-state index in [1.165, 1.54) is 35.7 Å². The summed E-state index contributed by atoms with van der Waals surface area (Å²) in [5.41, 5.74) is 1.80. The van der Waals surface area contributed by atoms with Gasteiger partial charge in [0, 0.05) is 45.3 Å². The van der Waals surface area contributed by atoms with Crippen molar-refractivity contribution in [1.82, 2.24) is 19.4 Å². The SMILES string of the molecule is CC(C)(C)OC(=O)NC1CCN(C(=O)[C@@H]2CN(Cc3ccc(-c4ccc(OC(F)(F)F)cc4)cc3)CCN2S(=O)(=O)c2ccc(OCC3CCCCC3)cc2)CC1. The monoisotopic (exact) mass is 814 g/mol. The van der Waals surface area contributed by atoms with Crippen molar-refractivity contribution < 1.29 is 45.4 Å². The van der Waals surface area contributed by atoms with Crippen molar-refractivity contribution in [3.63, 3.8) is 0 Å². The molecule has 1 aliphatic carbocycles. The Morgan fingerprint density at radius 3 is 1.96 bits per heavy atom. The lowest BCUT2D eigenvalue weighted by atomic mass is 9.90. The first-order valence-electron chi connectivity index (χ1n) is 19.7. The Morgan fingerprint density at radius 1 is 0.772 bits per heavy atom. The molecule has 11 nitrogen and oxygen atoms in total. The fraction of sp³-hybridized carbons (Fsp3) is 0.524. The highest BCUT2D eigenvalue weighted by Gasteiger charge is 2.42. The molecule has 0 bridgehead atoms. The summed E-state index contributed by atoms with van der Waals surface area (Å²) >= 11 is 0. The van der Waals surface area contributed by atoms with Crippen LogP contribution in [0.3, 0.4) is 0 Å². The zero-order valence-electron chi connectivity index (χ0n) is 32.8. The third-order valence-corrected chi connectivity index (χ3v) is 12.6. The number of halogens is 3. The summed E-state index contributed by atoms with van der Waals surface area (Å²) in [5, 5.41) is 2.89. The maximum Gasteiger partial charge on any atom is 0.573 e. The third-order valence-electron chi connectivity index (χ3n) is 10.7. The van der Waals surface area contributed by atoms with Gasteiger partial charge in [0.25, 0.3) is 0 Å². The van der Waals surface area contributed by atoms with Crippen molar-refractivity contribution in [2.45, 2.75) is 101 Å². The number of hydrogen-bond donors (Lipinski definition) is 1. The minimum atomic E-state index is -4.77. The minimum Gasteiger partial charge on any atom is -0.493 e. The Kier molecular flexibility index (Phi) is 13.4. The van der Waals surface area contributed by atoms with E-state index in [1.54, 1.807) is 62.1 Å². The van der Waals surface area contributed by atoms with Crippen LogP contribution in [0.5, 0.6) is 11.5 Å². The van der Waals surface area contributed by atoms with Crippen molar-refractivity contribution in [3.05, 3.63) is 78.4 Å². The number of nitrogens with zero attached hydrogens (tertiary/aromatic N) is 3. The number of carbonyl (C=O) groups excluding carboxylic acids is 2. The number of amides is 2. The fourth-order valence-electron chi connectivity index (χ4n) is 7.71. The summed E-state index contributed by atoms with van der Waals surface area (Å²) in [7, 11) is -4.08. The van der Waals surface area contributed by atoms with Crippen molar-refractivity contribution in [2.24, 2.45) is 5.92 Å². The second-order valence-electron chi connectivity index (χ2n) is 16.2. The summed E-state index contributed by atoms with van der Waals surface area (Å²) in [5.74, 6) is 0.521. The van der Waals surface area contributed by atoms with E-state index < -0.39 is 34.1 Å². The van der Waals surface area contributed by atoms with Gasteiger partial charge in [-0.15, -0.1) is 13.2 Å². The van der Waals surface area contributed by atoms with Crippen molar-refractivity contribution in [1.29, 1.82) is 0 Å². The number of nitrogens with one attached hydrogen (secondary N) is 1. The zero-order chi connectivity index (χ0) is 40.8. The van der Waals surface area contributed by atoms with Gasteiger partial charge in [-0.2, -0.15) is 4.31 Å². The smallest absolute Gasteiger partial charge is 0.493 e. The highest BCUT2D eigenvalue weighted by molar-refractivity contribution is 7.89. The second-order valence-corrected chi connectivity index (χ2v) is 18.1. The van der Waals surface area contributed by atoms with E-state index in [4.69, 9.17) is 9.47 Å². The van der Waals surface area contributed by atoms with Crippen LogP contribution in [0.25, 0.3) is 11.1 Å². The molecule has 3 fully saturated rings. The molecule has 310 valence electrons.